The van der Waals surface area contributed by atoms with Crippen LogP contribution in [0.5, 0.6) is 0 Å². The number of aryl methyl sites for hydroxylation is 1. The van der Waals surface area contributed by atoms with E-state index in [-0.39, 0.29) is 6.10 Å². The van der Waals surface area contributed by atoms with Crippen molar-refractivity contribution in [1.29, 1.82) is 0 Å². The molecule has 0 amide bonds. The van der Waals surface area contributed by atoms with Gasteiger partial charge in [-0.3, -0.25) is 0 Å². The van der Waals surface area contributed by atoms with Crippen molar-refractivity contribution < 1.29 is 14.4 Å². The summed E-state index contributed by atoms with van der Waals surface area (Å²) < 4.78 is 10.4. The van der Waals surface area contributed by atoms with Crippen molar-refractivity contribution >= 4 is 0 Å². The van der Waals surface area contributed by atoms with E-state index in [1.165, 1.54) is 0 Å². The number of rotatable bonds is 3. The van der Waals surface area contributed by atoms with E-state index in [2.05, 4.69) is 10.1 Å². The zero-order valence-corrected chi connectivity index (χ0v) is 9.06. The minimum absolute atomic E-state index is 0.101. The van der Waals surface area contributed by atoms with E-state index in [1.54, 1.807) is 0 Å². The Balaban J connectivity index is 2.02. The van der Waals surface area contributed by atoms with E-state index in [0.717, 1.165) is 6.42 Å². The lowest BCUT2D eigenvalue weighted by atomic mass is 9.97. The van der Waals surface area contributed by atoms with Crippen LogP contribution in [0.25, 0.3) is 0 Å². The number of ether oxygens (including phenoxy) is 1. The predicted octanol–water partition coefficient (Wildman–Crippen LogP) is 0.714. The van der Waals surface area contributed by atoms with E-state index in [0.29, 0.717) is 31.2 Å². The maximum atomic E-state index is 10.1. The summed E-state index contributed by atoms with van der Waals surface area (Å²) in [6, 6.07) is 0. The lowest BCUT2D eigenvalue weighted by molar-refractivity contribution is 0.0173. The molecule has 1 aromatic rings. The third-order valence-electron chi connectivity index (χ3n) is 2.61. The first-order chi connectivity index (χ1) is 7.11. The Morgan fingerprint density at radius 2 is 2.40 bits per heavy atom. The van der Waals surface area contributed by atoms with Crippen LogP contribution >= 0.6 is 0 Å². The summed E-state index contributed by atoms with van der Waals surface area (Å²) >= 11 is 0. The number of nitrogens with zero attached hydrogens (tertiary/aromatic N) is 2. The molecule has 1 N–H and O–H groups in total. The summed E-state index contributed by atoms with van der Waals surface area (Å²) in [4.78, 5) is 4.17. The predicted molar refractivity (Wildman–Crippen MR) is 52.4 cm³/mol. The van der Waals surface area contributed by atoms with Crippen molar-refractivity contribution in [2.75, 3.05) is 6.61 Å². The zero-order valence-electron chi connectivity index (χ0n) is 9.06. The van der Waals surface area contributed by atoms with Gasteiger partial charge in [0.1, 0.15) is 0 Å². The topological polar surface area (TPSA) is 68.4 Å². The van der Waals surface area contributed by atoms with Gasteiger partial charge in [0.05, 0.1) is 24.7 Å². The van der Waals surface area contributed by atoms with Gasteiger partial charge in [0.25, 0.3) is 0 Å². The molecule has 1 saturated heterocycles. The largest absolute Gasteiger partial charge is 0.387 e. The summed E-state index contributed by atoms with van der Waals surface area (Å²) in [6.07, 6.45) is 1.85. The summed E-state index contributed by atoms with van der Waals surface area (Å²) in [6.45, 7) is 4.26. The highest BCUT2D eigenvalue weighted by Gasteiger charge is 2.38. The number of hydrogen-bond acceptors (Lipinski definition) is 5. The van der Waals surface area contributed by atoms with Gasteiger partial charge in [-0.2, -0.15) is 4.98 Å². The molecular formula is C10H16N2O3. The highest BCUT2D eigenvalue weighted by molar-refractivity contribution is 4.96. The second-order valence-corrected chi connectivity index (χ2v) is 4.18. The smallest absolute Gasteiger partial charge is 0.229 e. The van der Waals surface area contributed by atoms with Crippen LogP contribution in [0.2, 0.25) is 0 Å². The first-order valence-electron chi connectivity index (χ1n) is 5.27. The Morgan fingerprint density at radius 3 is 2.93 bits per heavy atom. The maximum absolute atomic E-state index is 10.1. The zero-order chi connectivity index (χ0) is 10.9. The molecule has 2 rings (SSSR count). The minimum Gasteiger partial charge on any atom is -0.387 e. The van der Waals surface area contributed by atoms with Gasteiger partial charge in [-0.1, -0.05) is 12.1 Å². The first kappa shape index (κ1) is 10.6. The fourth-order valence-corrected chi connectivity index (χ4v) is 1.86. The Hall–Kier alpha value is -0.940. The third kappa shape index (κ3) is 2.35. The van der Waals surface area contributed by atoms with Gasteiger partial charge in [0.15, 0.2) is 5.82 Å². The lowest BCUT2D eigenvalue weighted by Gasteiger charge is -2.17. The third-order valence-corrected chi connectivity index (χ3v) is 2.61. The second-order valence-electron chi connectivity index (χ2n) is 4.18. The fraction of sp³-hybridized carbons (Fsp3) is 0.800. The van der Waals surface area contributed by atoms with Gasteiger partial charge < -0.3 is 14.4 Å². The van der Waals surface area contributed by atoms with Crippen molar-refractivity contribution in [2.45, 2.75) is 44.8 Å². The number of aliphatic hydroxyl groups is 1. The fourth-order valence-electron chi connectivity index (χ4n) is 1.86. The molecule has 0 unspecified atom stereocenters. The van der Waals surface area contributed by atoms with E-state index in [9.17, 15) is 5.11 Å². The average Bonchev–Trinajstić information content (AvgIpc) is 2.74. The number of aromatic nitrogens is 2. The van der Waals surface area contributed by atoms with Crippen LogP contribution in [-0.2, 0) is 17.6 Å². The van der Waals surface area contributed by atoms with Gasteiger partial charge in [0.2, 0.25) is 5.89 Å². The molecule has 5 nitrogen and oxygen atoms in total. The molecule has 0 bridgehead atoms. The molecule has 1 aromatic heterocycles. The van der Waals surface area contributed by atoms with Crippen LogP contribution < -0.4 is 0 Å². The molecule has 2 heterocycles. The van der Waals surface area contributed by atoms with Crippen LogP contribution in [0.4, 0.5) is 0 Å². The van der Waals surface area contributed by atoms with Gasteiger partial charge in [-0.25, -0.2) is 0 Å². The van der Waals surface area contributed by atoms with Crippen LogP contribution in [0.3, 0.4) is 0 Å². The quantitative estimate of drug-likeness (QED) is 0.799. The van der Waals surface area contributed by atoms with E-state index < -0.39 is 5.60 Å². The molecule has 5 heteroatoms. The molecule has 0 spiro atoms. The SMILES string of the molecule is CCc1noc(C[C@]2(O)CO[C@@H](C)C2)n1. The molecular weight excluding hydrogens is 196 g/mol. The number of hydrogen-bond donors (Lipinski definition) is 1. The highest BCUT2D eigenvalue weighted by atomic mass is 16.5. The molecule has 1 aliphatic heterocycles. The normalized spacial score (nSPS) is 31.0. The Morgan fingerprint density at radius 1 is 1.60 bits per heavy atom. The van der Waals surface area contributed by atoms with Gasteiger partial charge in [-0.05, 0) is 6.92 Å². The Bertz CT molecular complexity index is 339. The monoisotopic (exact) mass is 212 g/mol. The lowest BCUT2D eigenvalue weighted by Crippen LogP contribution is -2.32. The van der Waals surface area contributed by atoms with Gasteiger partial charge in [-0.15, -0.1) is 0 Å². The van der Waals surface area contributed by atoms with Crippen LogP contribution in [0, 0.1) is 0 Å². The molecule has 1 fully saturated rings. The summed E-state index contributed by atoms with van der Waals surface area (Å²) in [5.41, 5.74) is -0.836. The van der Waals surface area contributed by atoms with Crippen LogP contribution in [0.15, 0.2) is 4.52 Å². The standard InChI is InChI=1S/C10H16N2O3/c1-3-8-11-9(15-12-8)5-10(13)4-7(2)14-6-10/h7,13H,3-6H2,1-2H3/t7-,10-/m0/s1. The molecule has 0 aliphatic carbocycles. The molecule has 15 heavy (non-hydrogen) atoms. The van der Waals surface area contributed by atoms with Crippen molar-refractivity contribution in [3.63, 3.8) is 0 Å². The molecule has 1 aliphatic rings. The first-order valence-corrected chi connectivity index (χ1v) is 5.27. The summed E-state index contributed by atoms with van der Waals surface area (Å²) in [5.74, 6) is 1.17. The Kier molecular flexibility index (Phi) is 2.75. The van der Waals surface area contributed by atoms with Crippen molar-refractivity contribution in [2.24, 2.45) is 0 Å². The minimum atomic E-state index is -0.836. The molecule has 0 aromatic carbocycles. The Labute approximate surface area is 88.4 Å². The van der Waals surface area contributed by atoms with Crippen molar-refractivity contribution in [3.8, 4) is 0 Å². The molecule has 84 valence electrons. The molecule has 2 atom stereocenters. The van der Waals surface area contributed by atoms with Crippen LogP contribution in [-0.4, -0.2) is 33.6 Å². The summed E-state index contributed by atoms with van der Waals surface area (Å²) in [5, 5.41) is 13.9. The van der Waals surface area contributed by atoms with Gasteiger partial charge >= 0.3 is 0 Å². The highest BCUT2D eigenvalue weighted by Crippen LogP contribution is 2.26. The van der Waals surface area contributed by atoms with E-state index in [4.69, 9.17) is 9.26 Å². The van der Waals surface area contributed by atoms with Crippen LogP contribution in [0.1, 0.15) is 32.0 Å². The van der Waals surface area contributed by atoms with Gasteiger partial charge in [0, 0.05) is 12.8 Å². The van der Waals surface area contributed by atoms with Crippen molar-refractivity contribution in [1.82, 2.24) is 10.1 Å². The maximum Gasteiger partial charge on any atom is 0.229 e. The van der Waals surface area contributed by atoms with Crippen molar-refractivity contribution in [3.05, 3.63) is 11.7 Å². The second kappa shape index (κ2) is 3.90. The summed E-state index contributed by atoms with van der Waals surface area (Å²) in [7, 11) is 0. The van der Waals surface area contributed by atoms with E-state index in [1.807, 2.05) is 13.8 Å². The molecule has 0 saturated carbocycles. The van der Waals surface area contributed by atoms with E-state index >= 15 is 0 Å². The molecule has 0 radical (unpaired) electrons. The average molecular weight is 212 g/mol.